The standard InChI is InChI=1S/C26H32N4O4S/c1-18-10-11-19(14-21(18)17-29(2)35(32,33)22-8-6-5-7-9-22)23(16-26(31)34-4)20-12-13-25(30(3)28)24(27)15-20/h5-15,23H,16-17,27-28H2,1-4H3. The summed E-state index contributed by atoms with van der Waals surface area (Å²) in [6.07, 6.45) is 0.106. The molecule has 35 heavy (non-hydrogen) atoms. The number of nitrogens with two attached hydrogens (primary N) is 2. The fraction of sp³-hybridized carbons (Fsp3) is 0.269. The summed E-state index contributed by atoms with van der Waals surface area (Å²) in [7, 11) is 0.954. The van der Waals surface area contributed by atoms with Gasteiger partial charge in [-0.25, -0.2) is 14.3 Å². The Labute approximate surface area is 207 Å². The van der Waals surface area contributed by atoms with Crippen LogP contribution >= 0.6 is 0 Å². The minimum atomic E-state index is -3.65. The Bertz CT molecular complexity index is 1290. The number of nitrogens with zero attached hydrogens (tertiary/aromatic N) is 2. The van der Waals surface area contributed by atoms with E-state index in [-0.39, 0.29) is 29.7 Å². The molecule has 0 aliphatic carbocycles. The van der Waals surface area contributed by atoms with Crippen LogP contribution in [0.4, 0.5) is 11.4 Å². The number of methoxy groups -OCH3 is 1. The molecule has 3 aromatic rings. The van der Waals surface area contributed by atoms with Crippen LogP contribution in [0.3, 0.4) is 0 Å². The normalized spacial score (nSPS) is 12.4. The predicted octanol–water partition coefficient (Wildman–Crippen LogP) is 3.40. The minimum Gasteiger partial charge on any atom is -0.469 e. The van der Waals surface area contributed by atoms with Gasteiger partial charge in [-0.1, -0.05) is 42.5 Å². The van der Waals surface area contributed by atoms with Gasteiger partial charge in [-0.05, 0) is 53.4 Å². The maximum Gasteiger partial charge on any atom is 0.306 e. The summed E-state index contributed by atoms with van der Waals surface area (Å²) >= 11 is 0. The van der Waals surface area contributed by atoms with Crippen LogP contribution in [-0.4, -0.2) is 39.9 Å². The summed E-state index contributed by atoms with van der Waals surface area (Å²) in [5.74, 6) is 5.14. The Morgan fingerprint density at radius 3 is 2.23 bits per heavy atom. The van der Waals surface area contributed by atoms with Crippen LogP contribution in [0.2, 0.25) is 0 Å². The average Bonchev–Trinajstić information content (AvgIpc) is 2.84. The number of aryl methyl sites for hydroxylation is 1. The highest BCUT2D eigenvalue weighted by atomic mass is 32.2. The van der Waals surface area contributed by atoms with E-state index in [0.717, 1.165) is 22.3 Å². The van der Waals surface area contributed by atoms with E-state index in [4.69, 9.17) is 16.3 Å². The molecule has 0 aromatic heterocycles. The number of nitrogen functional groups attached to an aromatic ring is 1. The number of sulfonamides is 1. The van der Waals surface area contributed by atoms with Crippen molar-refractivity contribution < 1.29 is 17.9 Å². The Hall–Kier alpha value is -3.40. The summed E-state index contributed by atoms with van der Waals surface area (Å²) in [6.45, 7) is 2.11. The van der Waals surface area contributed by atoms with Gasteiger partial charge in [0.1, 0.15) is 0 Å². The molecular formula is C26H32N4O4S. The number of esters is 1. The second-order valence-electron chi connectivity index (χ2n) is 8.52. The number of ether oxygens (including phenoxy) is 1. The molecule has 4 N–H and O–H groups in total. The molecule has 0 spiro atoms. The van der Waals surface area contributed by atoms with Crippen molar-refractivity contribution in [1.29, 1.82) is 0 Å². The monoisotopic (exact) mass is 496 g/mol. The van der Waals surface area contributed by atoms with Gasteiger partial charge in [-0.3, -0.25) is 4.79 Å². The third kappa shape index (κ3) is 6.00. The molecule has 0 fully saturated rings. The average molecular weight is 497 g/mol. The highest BCUT2D eigenvalue weighted by molar-refractivity contribution is 7.89. The first-order valence-corrected chi connectivity index (χ1v) is 12.5. The van der Waals surface area contributed by atoms with Crippen LogP contribution in [0.25, 0.3) is 0 Å². The molecule has 3 rings (SSSR count). The SMILES string of the molecule is COC(=O)CC(c1ccc(N(C)N)c(N)c1)c1ccc(C)c(CN(C)S(=O)(=O)c2ccccc2)c1. The molecule has 0 bridgehead atoms. The Kier molecular flexibility index (Phi) is 8.16. The van der Waals surface area contributed by atoms with Crippen molar-refractivity contribution >= 4 is 27.4 Å². The van der Waals surface area contributed by atoms with Gasteiger partial charge in [0, 0.05) is 26.6 Å². The van der Waals surface area contributed by atoms with Gasteiger partial charge in [0.25, 0.3) is 0 Å². The molecule has 1 atom stereocenters. The van der Waals surface area contributed by atoms with Crippen molar-refractivity contribution in [1.82, 2.24) is 4.31 Å². The van der Waals surface area contributed by atoms with Crippen LogP contribution in [0, 0.1) is 6.92 Å². The molecular weight excluding hydrogens is 464 g/mol. The molecule has 186 valence electrons. The van der Waals surface area contributed by atoms with Crippen molar-refractivity contribution in [3.05, 3.63) is 89.0 Å². The number of benzene rings is 3. The number of rotatable bonds is 9. The van der Waals surface area contributed by atoms with Gasteiger partial charge in [-0.15, -0.1) is 0 Å². The van der Waals surface area contributed by atoms with Crippen molar-refractivity contribution in [2.24, 2.45) is 5.84 Å². The van der Waals surface area contributed by atoms with Crippen LogP contribution < -0.4 is 16.6 Å². The minimum absolute atomic E-state index is 0.106. The third-order valence-electron chi connectivity index (χ3n) is 6.05. The van der Waals surface area contributed by atoms with Crippen LogP contribution in [0.5, 0.6) is 0 Å². The van der Waals surface area contributed by atoms with E-state index in [2.05, 4.69) is 0 Å². The van der Waals surface area contributed by atoms with Gasteiger partial charge in [0.2, 0.25) is 10.0 Å². The molecule has 0 aliphatic rings. The van der Waals surface area contributed by atoms with E-state index in [1.54, 1.807) is 50.5 Å². The van der Waals surface area contributed by atoms with E-state index in [1.165, 1.54) is 16.4 Å². The maximum atomic E-state index is 13.0. The van der Waals surface area contributed by atoms with Gasteiger partial charge >= 0.3 is 5.97 Å². The van der Waals surface area contributed by atoms with E-state index in [1.807, 2.05) is 37.3 Å². The van der Waals surface area contributed by atoms with Gasteiger partial charge in [0.15, 0.2) is 0 Å². The zero-order chi connectivity index (χ0) is 25.8. The molecule has 0 saturated heterocycles. The van der Waals surface area contributed by atoms with Crippen LogP contribution in [0.15, 0.2) is 71.6 Å². The summed E-state index contributed by atoms with van der Waals surface area (Å²) in [4.78, 5) is 12.5. The van der Waals surface area contributed by atoms with Crippen molar-refractivity contribution in [2.75, 3.05) is 31.9 Å². The number of hydrogen-bond acceptors (Lipinski definition) is 7. The Morgan fingerprint density at radius 1 is 1.00 bits per heavy atom. The summed E-state index contributed by atoms with van der Waals surface area (Å²) in [5, 5.41) is 1.43. The maximum absolute atomic E-state index is 13.0. The molecule has 0 radical (unpaired) electrons. The number of carbonyl (C=O) groups excluding carboxylic acids is 1. The van der Waals surface area contributed by atoms with Crippen molar-refractivity contribution in [2.45, 2.75) is 30.7 Å². The number of hydrazine groups is 1. The summed E-state index contributed by atoms with van der Waals surface area (Å²) in [5.41, 5.74) is 10.8. The zero-order valence-corrected chi connectivity index (χ0v) is 21.2. The zero-order valence-electron chi connectivity index (χ0n) is 20.4. The molecule has 1 unspecified atom stereocenters. The number of anilines is 2. The molecule has 8 nitrogen and oxygen atoms in total. The first-order chi connectivity index (χ1) is 16.5. The third-order valence-corrected chi connectivity index (χ3v) is 7.87. The molecule has 9 heteroatoms. The van der Waals surface area contributed by atoms with Crippen LogP contribution in [0.1, 0.15) is 34.6 Å². The Balaban J connectivity index is 1.99. The first-order valence-electron chi connectivity index (χ1n) is 11.1. The lowest BCUT2D eigenvalue weighted by molar-refractivity contribution is -0.140. The lowest BCUT2D eigenvalue weighted by Crippen LogP contribution is -2.27. The molecule has 3 aromatic carbocycles. The van der Waals surface area contributed by atoms with Gasteiger partial charge in [-0.2, -0.15) is 4.31 Å². The lowest BCUT2D eigenvalue weighted by Gasteiger charge is -2.23. The number of carbonyl (C=O) groups is 1. The van der Waals surface area contributed by atoms with Gasteiger partial charge in [0.05, 0.1) is 29.8 Å². The number of hydrogen-bond donors (Lipinski definition) is 2. The topological polar surface area (TPSA) is 119 Å². The van der Waals surface area contributed by atoms with Crippen molar-refractivity contribution in [3.63, 3.8) is 0 Å². The smallest absolute Gasteiger partial charge is 0.306 e. The summed E-state index contributed by atoms with van der Waals surface area (Å²) in [6, 6.07) is 19.6. The summed E-state index contributed by atoms with van der Waals surface area (Å²) < 4.78 is 32.3. The highest BCUT2D eigenvalue weighted by Crippen LogP contribution is 2.34. The van der Waals surface area contributed by atoms with E-state index in [0.29, 0.717) is 11.4 Å². The highest BCUT2D eigenvalue weighted by Gasteiger charge is 2.24. The fourth-order valence-corrected chi connectivity index (χ4v) is 5.13. The van der Waals surface area contributed by atoms with Gasteiger partial charge < -0.3 is 15.5 Å². The van der Waals surface area contributed by atoms with E-state index >= 15 is 0 Å². The Morgan fingerprint density at radius 2 is 1.63 bits per heavy atom. The molecule has 0 saturated carbocycles. The van der Waals surface area contributed by atoms with Crippen molar-refractivity contribution in [3.8, 4) is 0 Å². The lowest BCUT2D eigenvalue weighted by atomic mass is 9.86. The predicted molar refractivity (Wildman–Crippen MR) is 138 cm³/mol. The second kappa shape index (κ2) is 10.9. The van der Waals surface area contributed by atoms with Crippen LogP contribution in [-0.2, 0) is 26.1 Å². The molecule has 0 heterocycles. The van der Waals surface area contributed by atoms with E-state index < -0.39 is 10.0 Å². The quantitative estimate of drug-likeness (QED) is 0.202. The molecule has 0 amide bonds. The first kappa shape index (κ1) is 26.2. The fourth-order valence-electron chi connectivity index (χ4n) is 3.96. The second-order valence-corrected chi connectivity index (χ2v) is 10.6. The largest absolute Gasteiger partial charge is 0.469 e. The molecule has 0 aliphatic heterocycles. The van der Waals surface area contributed by atoms with E-state index in [9.17, 15) is 13.2 Å².